The minimum Gasteiger partial charge on any atom is -0.313 e. The number of piperidine rings is 1. The van der Waals surface area contributed by atoms with Crippen LogP contribution in [0.4, 0.5) is 0 Å². The van der Waals surface area contributed by atoms with Crippen LogP contribution in [0.15, 0.2) is 60.7 Å². The maximum absolute atomic E-state index is 3.66. The van der Waals surface area contributed by atoms with Crippen molar-refractivity contribution in [2.75, 3.05) is 13.6 Å². The molecule has 4 rings (SSSR count). The second kappa shape index (κ2) is 5.53. The third-order valence-electron chi connectivity index (χ3n) is 5.61. The van der Waals surface area contributed by atoms with Gasteiger partial charge in [-0.1, -0.05) is 60.7 Å². The number of fused-ring (bicyclic) bond motifs is 1. The average molecular weight is 292 g/mol. The van der Waals surface area contributed by atoms with Crippen LogP contribution >= 0.6 is 0 Å². The summed E-state index contributed by atoms with van der Waals surface area (Å²) < 4.78 is 0. The van der Waals surface area contributed by atoms with Gasteiger partial charge in [-0.2, -0.15) is 0 Å². The van der Waals surface area contributed by atoms with Crippen LogP contribution in [0.1, 0.15) is 17.5 Å². The molecule has 0 unspecified atom stereocenters. The van der Waals surface area contributed by atoms with Gasteiger partial charge in [-0.05, 0) is 36.9 Å². The number of likely N-dealkylation sites (N-methyl/N-ethyl adjacent to an activating group) is 1. The molecule has 1 heterocycles. The summed E-state index contributed by atoms with van der Waals surface area (Å²) in [5.74, 6) is 0.829. The molecule has 2 fully saturated rings. The number of hydrogen-bond donors (Lipinski definition) is 1. The van der Waals surface area contributed by atoms with E-state index < -0.39 is 0 Å². The van der Waals surface area contributed by atoms with Crippen molar-refractivity contribution in [1.82, 2.24) is 10.2 Å². The Morgan fingerprint density at radius 1 is 1.00 bits per heavy atom. The lowest BCUT2D eigenvalue weighted by molar-refractivity contribution is 0.189. The number of hydrogen-bond acceptors (Lipinski definition) is 2. The van der Waals surface area contributed by atoms with Crippen LogP contribution in [0.5, 0.6) is 0 Å². The van der Waals surface area contributed by atoms with E-state index in [4.69, 9.17) is 0 Å². The second-order valence-electron chi connectivity index (χ2n) is 6.81. The van der Waals surface area contributed by atoms with Crippen LogP contribution in [0.25, 0.3) is 0 Å². The largest absolute Gasteiger partial charge is 0.313 e. The van der Waals surface area contributed by atoms with Crippen molar-refractivity contribution in [3.63, 3.8) is 0 Å². The Morgan fingerprint density at radius 2 is 1.64 bits per heavy atom. The molecule has 1 saturated carbocycles. The summed E-state index contributed by atoms with van der Waals surface area (Å²) >= 11 is 0. The van der Waals surface area contributed by atoms with Crippen LogP contribution < -0.4 is 5.32 Å². The molecule has 0 spiro atoms. The zero-order valence-corrected chi connectivity index (χ0v) is 13.2. The van der Waals surface area contributed by atoms with Crippen molar-refractivity contribution in [2.24, 2.45) is 5.92 Å². The van der Waals surface area contributed by atoms with Crippen LogP contribution in [0, 0.1) is 5.92 Å². The van der Waals surface area contributed by atoms with Gasteiger partial charge in [-0.3, -0.25) is 4.90 Å². The molecule has 2 heteroatoms. The molecular weight excluding hydrogens is 268 g/mol. The molecule has 3 atom stereocenters. The molecule has 1 saturated heterocycles. The number of rotatable bonds is 5. The van der Waals surface area contributed by atoms with Crippen LogP contribution in [-0.4, -0.2) is 30.1 Å². The quantitative estimate of drug-likeness (QED) is 0.911. The Bertz CT molecular complexity index is 621. The highest BCUT2D eigenvalue weighted by Gasteiger charge is 2.64. The van der Waals surface area contributed by atoms with Gasteiger partial charge in [-0.25, -0.2) is 0 Å². The molecule has 2 aliphatic rings. The van der Waals surface area contributed by atoms with E-state index >= 15 is 0 Å². The Labute approximate surface area is 133 Å². The van der Waals surface area contributed by atoms with Crippen LogP contribution in [0.3, 0.4) is 0 Å². The standard InChI is InChI=1S/C20H24N2/c1-21-20-13-18(20)15-22(14-17-10-6-3-7-11-17)19(20)12-16-8-4-2-5-9-16/h2-11,18-19,21H,12-15H2,1H3/t18-,19-,20+/m0/s1. The molecule has 1 aliphatic heterocycles. The number of benzene rings is 2. The lowest BCUT2D eigenvalue weighted by Crippen LogP contribution is -2.47. The first-order chi connectivity index (χ1) is 10.8. The van der Waals surface area contributed by atoms with E-state index in [0.717, 1.165) is 18.9 Å². The Hall–Kier alpha value is -1.64. The van der Waals surface area contributed by atoms with Gasteiger partial charge < -0.3 is 5.32 Å². The van der Waals surface area contributed by atoms with Gasteiger partial charge in [-0.15, -0.1) is 0 Å². The van der Waals surface area contributed by atoms with Crippen LogP contribution in [-0.2, 0) is 13.0 Å². The van der Waals surface area contributed by atoms with Crippen LogP contribution in [0.2, 0.25) is 0 Å². The van der Waals surface area contributed by atoms with E-state index in [9.17, 15) is 0 Å². The van der Waals surface area contributed by atoms with Crippen molar-refractivity contribution >= 4 is 0 Å². The highest BCUT2D eigenvalue weighted by Crippen LogP contribution is 2.54. The lowest BCUT2D eigenvalue weighted by Gasteiger charge is -2.32. The molecule has 114 valence electrons. The van der Waals surface area contributed by atoms with E-state index in [-0.39, 0.29) is 0 Å². The molecule has 0 bridgehead atoms. The molecule has 2 nitrogen and oxygen atoms in total. The van der Waals surface area contributed by atoms with Crippen molar-refractivity contribution in [2.45, 2.75) is 31.0 Å². The van der Waals surface area contributed by atoms with E-state index in [1.165, 1.54) is 24.1 Å². The topological polar surface area (TPSA) is 15.3 Å². The zero-order valence-electron chi connectivity index (χ0n) is 13.2. The van der Waals surface area contributed by atoms with E-state index in [1.54, 1.807) is 0 Å². The Balaban J connectivity index is 1.56. The monoisotopic (exact) mass is 292 g/mol. The summed E-state index contributed by atoms with van der Waals surface area (Å²) in [5.41, 5.74) is 3.23. The van der Waals surface area contributed by atoms with E-state index in [0.29, 0.717) is 11.6 Å². The molecule has 1 aliphatic carbocycles. The van der Waals surface area contributed by atoms with Gasteiger partial charge in [0.25, 0.3) is 0 Å². The fraction of sp³-hybridized carbons (Fsp3) is 0.400. The first kappa shape index (κ1) is 14.0. The van der Waals surface area contributed by atoms with E-state index in [1.807, 2.05) is 0 Å². The summed E-state index contributed by atoms with van der Waals surface area (Å²) in [6, 6.07) is 22.4. The lowest BCUT2D eigenvalue weighted by atomic mass is 9.97. The first-order valence-electron chi connectivity index (χ1n) is 8.32. The zero-order chi connectivity index (χ0) is 15.0. The van der Waals surface area contributed by atoms with Gasteiger partial charge >= 0.3 is 0 Å². The minimum absolute atomic E-state index is 0.352. The number of nitrogens with one attached hydrogen (secondary N) is 1. The van der Waals surface area contributed by atoms with Crippen molar-refractivity contribution in [3.8, 4) is 0 Å². The molecular formula is C20H24N2. The fourth-order valence-corrected chi connectivity index (χ4v) is 4.33. The summed E-state index contributed by atoms with van der Waals surface area (Å²) in [6.07, 6.45) is 2.48. The van der Waals surface area contributed by atoms with Gasteiger partial charge in [0.1, 0.15) is 0 Å². The minimum atomic E-state index is 0.352. The molecule has 0 radical (unpaired) electrons. The maximum Gasteiger partial charge on any atom is 0.0383 e. The molecule has 0 amide bonds. The van der Waals surface area contributed by atoms with Crippen molar-refractivity contribution in [1.29, 1.82) is 0 Å². The van der Waals surface area contributed by atoms with Gasteiger partial charge in [0.2, 0.25) is 0 Å². The normalized spacial score (nSPS) is 30.2. The van der Waals surface area contributed by atoms with Gasteiger partial charge in [0, 0.05) is 24.7 Å². The van der Waals surface area contributed by atoms with Crippen molar-refractivity contribution < 1.29 is 0 Å². The Morgan fingerprint density at radius 3 is 2.27 bits per heavy atom. The number of nitrogens with zero attached hydrogens (tertiary/aromatic N) is 1. The summed E-state index contributed by atoms with van der Waals surface area (Å²) in [7, 11) is 2.14. The maximum atomic E-state index is 3.66. The summed E-state index contributed by atoms with van der Waals surface area (Å²) in [5, 5.41) is 3.66. The third kappa shape index (κ3) is 2.37. The Kier molecular flexibility index (Phi) is 3.51. The summed E-state index contributed by atoms with van der Waals surface area (Å²) in [4.78, 5) is 2.69. The molecule has 1 N–H and O–H groups in total. The smallest absolute Gasteiger partial charge is 0.0383 e. The van der Waals surface area contributed by atoms with Gasteiger partial charge in [0.15, 0.2) is 0 Å². The number of likely N-dealkylation sites (tertiary alicyclic amines) is 1. The average Bonchev–Trinajstić information content (AvgIpc) is 3.21. The first-order valence-corrected chi connectivity index (χ1v) is 8.32. The predicted octanol–water partition coefficient (Wildman–Crippen LogP) is 3.09. The molecule has 2 aromatic rings. The third-order valence-corrected chi connectivity index (χ3v) is 5.61. The van der Waals surface area contributed by atoms with E-state index in [2.05, 4.69) is 77.9 Å². The highest BCUT2D eigenvalue weighted by atomic mass is 15.3. The van der Waals surface area contributed by atoms with Gasteiger partial charge in [0.05, 0.1) is 0 Å². The molecule has 2 aromatic carbocycles. The molecule has 0 aromatic heterocycles. The highest BCUT2D eigenvalue weighted by molar-refractivity contribution is 5.28. The second-order valence-corrected chi connectivity index (χ2v) is 6.81. The SMILES string of the molecule is CN[C@]12C[C@H]1CN(Cc1ccccc1)[C@H]2Cc1ccccc1. The fourth-order valence-electron chi connectivity index (χ4n) is 4.33. The van der Waals surface area contributed by atoms with Crippen molar-refractivity contribution in [3.05, 3.63) is 71.8 Å². The predicted molar refractivity (Wildman–Crippen MR) is 90.7 cm³/mol. The molecule has 22 heavy (non-hydrogen) atoms. The summed E-state index contributed by atoms with van der Waals surface area (Å²) in [6.45, 7) is 2.30.